The van der Waals surface area contributed by atoms with Crippen LogP contribution in [-0.4, -0.2) is 24.7 Å². The van der Waals surface area contributed by atoms with Gasteiger partial charge in [0.1, 0.15) is 11.5 Å². The van der Waals surface area contributed by atoms with Gasteiger partial charge in [-0.15, -0.1) is 0 Å². The van der Waals surface area contributed by atoms with Crippen LogP contribution in [0.15, 0.2) is 60.7 Å². The van der Waals surface area contributed by atoms with Crippen molar-refractivity contribution < 1.29 is 18.9 Å². The molecule has 0 spiro atoms. The van der Waals surface area contributed by atoms with Gasteiger partial charge < -0.3 is 18.9 Å². The van der Waals surface area contributed by atoms with Gasteiger partial charge in [0.25, 0.3) is 0 Å². The molecule has 0 unspecified atom stereocenters. The molecule has 1 aliphatic heterocycles. The van der Waals surface area contributed by atoms with Gasteiger partial charge in [0, 0.05) is 5.02 Å². The minimum Gasteiger partial charge on any atom is -0.508 e. The topological polar surface area (TPSA) is 47.9 Å². The Morgan fingerprint density at radius 3 is 2.18 bits per heavy atom. The van der Waals surface area contributed by atoms with E-state index in [0.29, 0.717) is 18.0 Å². The number of benzene rings is 3. The maximum atomic E-state index is 10.0. The van der Waals surface area contributed by atoms with Gasteiger partial charge in [-0.2, -0.15) is 0 Å². The maximum Gasteiger partial charge on any atom is 0.211 e. The molecule has 4 nitrogen and oxygen atoms in total. The number of halogens is 1. The fourth-order valence-electron chi connectivity index (χ4n) is 3.74. The van der Waals surface area contributed by atoms with Gasteiger partial charge in [-0.1, -0.05) is 55.8 Å². The number of phenolic OH excluding ortho intramolecular Hbond substituents is 1. The number of rotatable bonds is 6. The molecule has 4 rings (SSSR count). The molecular formula is C28H34ClO4P. The summed E-state index contributed by atoms with van der Waals surface area (Å²) in [6.45, 7) is 9.97. The van der Waals surface area contributed by atoms with Crippen molar-refractivity contribution in [3.05, 3.63) is 93.5 Å². The molecule has 1 saturated heterocycles. The molecule has 1 fully saturated rings. The predicted octanol–water partition coefficient (Wildman–Crippen LogP) is 8.15. The van der Waals surface area contributed by atoms with E-state index in [-0.39, 0.29) is 0 Å². The highest BCUT2D eigenvalue weighted by Gasteiger charge is 2.17. The van der Waals surface area contributed by atoms with Crippen molar-refractivity contribution in [1.82, 2.24) is 0 Å². The van der Waals surface area contributed by atoms with Crippen molar-refractivity contribution in [2.24, 2.45) is 0 Å². The van der Waals surface area contributed by atoms with Crippen LogP contribution < -0.4 is 4.74 Å². The molecule has 0 bridgehead atoms. The van der Waals surface area contributed by atoms with Gasteiger partial charge in [0.2, 0.25) is 8.38 Å². The Morgan fingerprint density at radius 2 is 1.62 bits per heavy atom. The Labute approximate surface area is 209 Å². The molecule has 3 aromatic carbocycles. The van der Waals surface area contributed by atoms with Gasteiger partial charge >= 0.3 is 0 Å². The molecule has 0 radical (unpaired) electrons. The first-order chi connectivity index (χ1) is 16.3. The van der Waals surface area contributed by atoms with Crippen LogP contribution in [0.5, 0.6) is 11.5 Å². The van der Waals surface area contributed by atoms with E-state index in [1.807, 2.05) is 36.4 Å². The van der Waals surface area contributed by atoms with Crippen LogP contribution in [0.3, 0.4) is 0 Å². The van der Waals surface area contributed by atoms with Crippen LogP contribution in [0.1, 0.15) is 54.0 Å². The quantitative estimate of drug-likeness (QED) is 0.347. The van der Waals surface area contributed by atoms with Crippen molar-refractivity contribution in [2.45, 2.75) is 46.5 Å². The second-order valence-corrected chi connectivity index (χ2v) is 10.6. The van der Waals surface area contributed by atoms with Crippen molar-refractivity contribution in [3.8, 4) is 11.5 Å². The summed E-state index contributed by atoms with van der Waals surface area (Å²) in [5.74, 6) is 1.54. The summed E-state index contributed by atoms with van der Waals surface area (Å²) in [6.07, 6.45) is 2.28. The van der Waals surface area contributed by atoms with E-state index in [4.69, 9.17) is 25.4 Å². The summed E-state index contributed by atoms with van der Waals surface area (Å²) in [5.41, 5.74) is 5.94. The number of hydrogen-bond donors (Lipinski definition) is 1. The normalized spacial score (nSPS) is 13.9. The first kappa shape index (κ1) is 26.5. The summed E-state index contributed by atoms with van der Waals surface area (Å²) in [7, 11) is -0.921. The summed E-state index contributed by atoms with van der Waals surface area (Å²) < 4.78 is 17.1. The highest BCUT2D eigenvalue weighted by molar-refractivity contribution is 7.47. The van der Waals surface area contributed by atoms with E-state index in [0.717, 1.165) is 42.4 Å². The minimum atomic E-state index is -0.921. The zero-order chi connectivity index (χ0) is 24.5. The molecule has 1 heterocycles. The van der Waals surface area contributed by atoms with E-state index in [2.05, 4.69) is 45.9 Å². The van der Waals surface area contributed by atoms with Crippen LogP contribution in [0, 0.1) is 13.8 Å². The molecule has 0 atom stereocenters. The molecule has 6 heteroatoms. The zero-order valence-corrected chi connectivity index (χ0v) is 22.0. The Kier molecular flexibility index (Phi) is 10.2. The summed E-state index contributed by atoms with van der Waals surface area (Å²) in [6, 6.07) is 19.5. The number of aryl methyl sites for hydroxylation is 2. The molecule has 0 aromatic heterocycles. The highest BCUT2D eigenvalue weighted by atomic mass is 35.5. The molecule has 3 aromatic rings. The van der Waals surface area contributed by atoms with Gasteiger partial charge in [0.15, 0.2) is 6.35 Å². The lowest BCUT2D eigenvalue weighted by Gasteiger charge is -2.22. The summed E-state index contributed by atoms with van der Waals surface area (Å²) in [5, 5.41) is 10.8. The fraction of sp³-hybridized carbons (Fsp3) is 0.357. The Hall–Kier alpha value is -2.10. The third-order valence-corrected chi connectivity index (χ3v) is 7.13. The van der Waals surface area contributed by atoms with Crippen molar-refractivity contribution in [3.63, 3.8) is 0 Å². The number of hydrogen-bond acceptors (Lipinski definition) is 4. The molecule has 0 amide bonds. The fourth-order valence-corrected chi connectivity index (χ4v) is 5.03. The molecule has 34 heavy (non-hydrogen) atoms. The predicted molar refractivity (Wildman–Crippen MR) is 141 cm³/mol. The van der Waals surface area contributed by atoms with Crippen LogP contribution in [0.2, 0.25) is 5.02 Å². The van der Waals surface area contributed by atoms with Gasteiger partial charge in [-0.3, -0.25) is 0 Å². The average molecular weight is 501 g/mol. The molecule has 1 aliphatic rings. The first-order valence-corrected chi connectivity index (χ1v) is 13.4. The maximum absolute atomic E-state index is 10.0. The van der Waals surface area contributed by atoms with Gasteiger partial charge in [-0.05, 0) is 90.8 Å². The minimum absolute atomic E-state index is 0.300. The molecule has 0 aliphatic carbocycles. The van der Waals surface area contributed by atoms with Crippen LogP contribution in [0.25, 0.3) is 0 Å². The van der Waals surface area contributed by atoms with E-state index in [1.165, 1.54) is 22.3 Å². The highest BCUT2D eigenvalue weighted by Crippen LogP contribution is 2.41. The number of phenols is 1. The Morgan fingerprint density at radius 1 is 0.971 bits per heavy atom. The lowest BCUT2D eigenvalue weighted by Crippen LogP contribution is -2.10. The van der Waals surface area contributed by atoms with Crippen molar-refractivity contribution in [1.29, 1.82) is 0 Å². The average Bonchev–Trinajstić information content (AvgIpc) is 2.82. The summed E-state index contributed by atoms with van der Waals surface area (Å²) >= 11 is 5.54. The van der Waals surface area contributed by atoms with Crippen molar-refractivity contribution >= 4 is 20.0 Å². The standard InChI is InChI=1S/C22H29O4P.C6H5Cl/c1-15(2)20-12-18(6-7-22(20)23)13-21-16(3)10-19(11-17(21)4)24-14-27-25-8-5-9-26-27;7-6-4-2-1-3-5-6/h6-7,10-12,15,23H,5,8-9,13-14H2,1-4H3;1-5H. The van der Waals surface area contributed by atoms with Gasteiger partial charge in [0.05, 0.1) is 13.2 Å². The largest absolute Gasteiger partial charge is 0.508 e. The molecule has 182 valence electrons. The molecular weight excluding hydrogens is 467 g/mol. The molecule has 1 N–H and O–H groups in total. The van der Waals surface area contributed by atoms with Gasteiger partial charge in [-0.25, -0.2) is 0 Å². The third kappa shape index (κ3) is 7.99. The summed E-state index contributed by atoms with van der Waals surface area (Å²) in [4.78, 5) is 0. The van der Waals surface area contributed by atoms with Crippen LogP contribution in [-0.2, 0) is 15.5 Å². The SMILES string of the molecule is Cc1cc(OCP2OCCCO2)cc(C)c1Cc1ccc(O)c(C(C)C)c1.Clc1ccccc1. The third-order valence-electron chi connectivity index (χ3n) is 5.59. The lowest BCUT2D eigenvalue weighted by atomic mass is 9.93. The van der Waals surface area contributed by atoms with Crippen molar-refractivity contribution in [2.75, 3.05) is 19.6 Å². The second kappa shape index (κ2) is 13.1. The zero-order valence-electron chi connectivity index (χ0n) is 20.4. The number of aromatic hydroxyl groups is 1. The van der Waals surface area contributed by atoms with Crippen LogP contribution >= 0.6 is 20.0 Å². The van der Waals surface area contributed by atoms with E-state index in [9.17, 15) is 5.11 Å². The van der Waals surface area contributed by atoms with E-state index >= 15 is 0 Å². The molecule has 0 saturated carbocycles. The Bertz CT molecular complexity index is 1030. The monoisotopic (exact) mass is 500 g/mol. The Balaban J connectivity index is 0.000000396. The first-order valence-electron chi connectivity index (χ1n) is 11.6. The smallest absolute Gasteiger partial charge is 0.211 e. The van der Waals surface area contributed by atoms with E-state index < -0.39 is 8.38 Å². The van der Waals surface area contributed by atoms with E-state index in [1.54, 1.807) is 6.07 Å². The second-order valence-electron chi connectivity index (χ2n) is 8.68. The lowest BCUT2D eigenvalue weighted by molar-refractivity contribution is 0.168. The number of ether oxygens (including phenoxy) is 1. The van der Waals surface area contributed by atoms with Crippen LogP contribution in [0.4, 0.5) is 0 Å².